The van der Waals surface area contributed by atoms with Crippen LogP contribution in [0.2, 0.25) is 0 Å². The Morgan fingerprint density at radius 2 is 2.12 bits per heavy atom. The van der Waals surface area contributed by atoms with Crippen LogP contribution in [0.25, 0.3) is 0 Å². The molecule has 0 rings (SSSR count). The molecule has 0 aromatic rings. The third-order valence-electron chi connectivity index (χ3n) is 0.432. The Morgan fingerprint density at radius 1 is 1.62 bits per heavy atom. The average molecular weight is 139 g/mol. The maximum Gasteiger partial charge on any atom is 0.217 e. The second-order valence-electron chi connectivity index (χ2n) is 1.23. The molecule has 0 N–H and O–H groups in total. The van der Waals surface area contributed by atoms with Gasteiger partial charge in [-0.05, 0) is 6.42 Å². The van der Waals surface area contributed by atoms with Gasteiger partial charge in [-0.3, -0.25) is 4.18 Å². The Balaban J connectivity index is 3.42. The van der Waals surface area contributed by atoms with Gasteiger partial charge in [0.05, 0.1) is 6.61 Å². The molecule has 0 aliphatic heterocycles. The SMILES string of the molecule is CCCOS(=O)(=O)[O-]. The zero-order chi connectivity index (χ0) is 6.62. The molecule has 0 aromatic heterocycles. The normalized spacial score (nSPS) is 11.8. The molecule has 0 fully saturated rings. The minimum absolute atomic E-state index is 0.0220. The van der Waals surface area contributed by atoms with Crippen molar-refractivity contribution in [3.8, 4) is 0 Å². The summed E-state index contributed by atoms with van der Waals surface area (Å²) in [6.45, 7) is 1.69. The van der Waals surface area contributed by atoms with Crippen molar-refractivity contribution in [2.75, 3.05) is 6.61 Å². The van der Waals surface area contributed by atoms with Gasteiger partial charge in [-0.1, -0.05) is 6.92 Å². The minimum atomic E-state index is -4.44. The van der Waals surface area contributed by atoms with Crippen molar-refractivity contribution in [3.05, 3.63) is 0 Å². The summed E-state index contributed by atoms with van der Waals surface area (Å²) < 4.78 is 32.6. The van der Waals surface area contributed by atoms with E-state index in [0.717, 1.165) is 0 Å². The molecule has 0 radical (unpaired) electrons. The second kappa shape index (κ2) is 3.01. The van der Waals surface area contributed by atoms with E-state index in [0.29, 0.717) is 6.42 Å². The average Bonchev–Trinajstić information content (AvgIpc) is 1.59. The quantitative estimate of drug-likeness (QED) is 0.403. The summed E-state index contributed by atoms with van der Waals surface area (Å²) in [5, 5.41) is 0. The summed E-state index contributed by atoms with van der Waals surface area (Å²) in [4.78, 5) is 0. The van der Waals surface area contributed by atoms with Crippen LogP contribution in [0, 0.1) is 0 Å². The fourth-order valence-corrected chi connectivity index (χ4v) is 0.556. The highest BCUT2D eigenvalue weighted by Crippen LogP contribution is 1.86. The first-order chi connectivity index (χ1) is 3.56. The monoisotopic (exact) mass is 139 g/mol. The predicted molar refractivity (Wildman–Crippen MR) is 25.9 cm³/mol. The van der Waals surface area contributed by atoms with Crippen molar-refractivity contribution in [2.24, 2.45) is 0 Å². The largest absolute Gasteiger partial charge is 0.726 e. The van der Waals surface area contributed by atoms with E-state index in [9.17, 15) is 13.0 Å². The molecular formula is C3H7O4S-. The molecule has 0 unspecified atom stereocenters. The molecular weight excluding hydrogens is 132 g/mol. The molecule has 0 atom stereocenters. The van der Waals surface area contributed by atoms with Gasteiger partial charge in [-0.15, -0.1) is 0 Å². The van der Waals surface area contributed by atoms with Gasteiger partial charge in [0.2, 0.25) is 10.4 Å². The number of hydrogen-bond donors (Lipinski definition) is 0. The Bertz CT molecular complexity index is 135. The van der Waals surface area contributed by atoms with Crippen LogP contribution in [0.15, 0.2) is 0 Å². The first kappa shape index (κ1) is 7.87. The van der Waals surface area contributed by atoms with Crippen LogP contribution in [0.4, 0.5) is 0 Å². The Hall–Kier alpha value is -0.130. The van der Waals surface area contributed by atoms with E-state index < -0.39 is 10.4 Å². The molecule has 0 saturated heterocycles. The van der Waals surface area contributed by atoms with Crippen LogP contribution in [0.3, 0.4) is 0 Å². The van der Waals surface area contributed by atoms with Gasteiger partial charge in [0.25, 0.3) is 0 Å². The lowest BCUT2D eigenvalue weighted by molar-refractivity contribution is 0.262. The summed E-state index contributed by atoms with van der Waals surface area (Å²) >= 11 is 0. The van der Waals surface area contributed by atoms with Crippen LogP contribution in [-0.4, -0.2) is 19.6 Å². The van der Waals surface area contributed by atoms with Crippen molar-refractivity contribution in [1.29, 1.82) is 0 Å². The van der Waals surface area contributed by atoms with E-state index >= 15 is 0 Å². The van der Waals surface area contributed by atoms with Crippen LogP contribution in [0.5, 0.6) is 0 Å². The summed E-state index contributed by atoms with van der Waals surface area (Å²) in [7, 11) is -4.44. The second-order valence-corrected chi connectivity index (χ2v) is 2.28. The molecule has 0 bridgehead atoms. The molecule has 0 amide bonds. The van der Waals surface area contributed by atoms with Crippen molar-refractivity contribution >= 4 is 10.4 Å². The van der Waals surface area contributed by atoms with E-state index in [1.807, 2.05) is 0 Å². The van der Waals surface area contributed by atoms with Gasteiger partial charge >= 0.3 is 0 Å². The molecule has 0 saturated carbocycles. The van der Waals surface area contributed by atoms with E-state index in [4.69, 9.17) is 0 Å². The van der Waals surface area contributed by atoms with Crippen molar-refractivity contribution in [3.63, 3.8) is 0 Å². The van der Waals surface area contributed by atoms with E-state index in [1.54, 1.807) is 6.92 Å². The maximum absolute atomic E-state index is 9.61. The van der Waals surface area contributed by atoms with Crippen LogP contribution >= 0.6 is 0 Å². The van der Waals surface area contributed by atoms with E-state index in [-0.39, 0.29) is 6.61 Å². The summed E-state index contributed by atoms with van der Waals surface area (Å²) in [6.07, 6.45) is 0.529. The Labute approximate surface area is 48.4 Å². The van der Waals surface area contributed by atoms with Gasteiger partial charge in [0, 0.05) is 0 Å². The zero-order valence-corrected chi connectivity index (χ0v) is 5.27. The Kier molecular flexibility index (Phi) is 2.96. The van der Waals surface area contributed by atoms with Crippen LogP contribution in [0.1, 0.15) is 13.3 Å². The third-order valence-corrected chi connectivity index (χ3v) is 0.887. The van der Waals surface area contributed by atoms with Gasteiger partial charge < -0.3 is 4.55 Å². The van der Waals surface area contributed by atoms with E-state index in [2.05, 4.69) is 4.18 Å². The smallest absolute Gasteiger partial charge is 0.217 e. The first-order valence-electron chi connectivity index (χ1n) is 2.16. The summed E-state index contributed by atoms with van der Waals surface area (Å²) in [5.74, 6) is 0. The highest BCUT2D eigenvalue weighted by atomic mass is 32.3. The van der Waals surface area contributed by atoms with E-state index in [1.165, 1.54) is 0 Å². The lowest BCUT2D eigenvalue weighted by Crippen LogP contribution is -2.03. The highest BCUT2D eigenvalue weighted by Gasteiger charge is 1.88. The predicted octanol–water partition coefficient (Wildman–Crippen LogP) is -0.127. The minimum Gasteiger partial charge on any atom is -0.726 e. The van der Waals surface area contributed by atoms with Crippen LogP contribution in [-0.2, 0) is 14.6 Å². The topological polar surface area (TPSA) is 66.4 Å². The molecule has 0 spiro atoms. The summed E-state index contributed by atoms with van der Waals surface area (Å²) in [5.41, 5.74) is 0. The molecule has 0 aliphatic carbocycles. The molecule has 5 heteroatoms. The van der Waals surface area contributed by atoms with Gasteiger partial charge in [0.15, 0.2) is 0 Å². The molecule has 8 heavy (non-hydrogen) atoms. The van der Waals surface area contributed by atoms with Crippen molar-refractivity contribution in [2.45, 2.75) is 13.3 Å². The third kappa shape index (κ3) is 5.87. The number of rotatable bonds is 3. The standard InChI is InChI=1S/C3H8O4S/c1-2-3-7-8(4,5)6/h2-3H2,1H3,(H,4,5,6)/p-1. The van der Waals surface area contributed by atoms with Crippen LogP contribution < -0.4 is 0 Å². The summed E-state index contributed by atoms with van der Waals surface area (Å²) in [6, 6.07) is 0. The van der Waals surface area contributed by atoms with Crippen molar-refractivity contribution in [1.82, 2.24) is 0 Å². The molecule has 0 heterocycles. The fraction of sp³-hybridized carbons (Fsp3) is 1.00. The highest BCUT2D eigenvalue weighted by molar-refractivity contribution is 7.80. The van der Waals surface area contributed by atoms with Gasteiger partial charge in [-0.25, -0.2) is 8.42 Å². The van der Waals surface area contributed by atoms with Gasteiger partial charge in [-0.2, -0.15) is 0 Å². The van der Waals surface area contributed by atoms with Gasteiger partial charge in [0.1, 0.15) is 0 Å². The molecule has 50 valence electrons. The molecule has 0 aliphatic rings. The number of hydrogen-bond acceptors (Lipinski definition) is 4. The fourth-order valence-electron chi connectivity index (χ4n) is 0.185. The first-order valence-corrected chi connectivity index (χ1v) is 3.50. The lowest BCUT2D eigenvalue weighted by Gasteiger charge is -2.04. The van der Waals surface area contributed by atoms with Crippen molar-refractivity contribution < 1.29 is 17.2 Å². The zero-order valence-electron chi connectivity index (χ0n) is 4.46. The molecule has 4 nitrogen and oxygen atoms in total. The molecule has 0 aromatic carbocycles. The Morgan fingerprint density at radius 3 is 2.25 bits per heavy atom. The maximum atomic E-state index is 9.61. The lowest BCUT2D eigenvalue weighted by atomic mass is 10.5.